The number of rotatable bonds is 4. The first kappa shape index (κ1) is 14.5. The first-order chi connectivity index (χ1) is 8.49. The van der Waals surface area contributed by atoms with Crippen molar-refractivity contribution >= 4 is 41.9 Å². The molecule has 0 saturated carbocycles. The first-order valence-corrected chi connectivity index (χ1v) is 8.62. The van der Waals surface area contributed by atoms with Crippen LogP contribution in [0.4, 0.5) is 0 Å². The molecule has 0 aliphatic carbocycles. The van der Waals surface area contributed by atoms with Crippen molar-refractivity contribution in [3.8, 4) is 0 Å². The summed E-state index contributed by atoms with van der Waals surface area (Å²) in [5.74, 6) is 0. The largest absolute Gasteiger partial charge is 0.377 e. The molecule has 2 rings (SSSR count). The minimum atomic E-state index is -3.49. The van der Waals surface area contributed by atoms with Crippen LogP contribution in [0.25, 0.3) is 0 Å². The minimum Gasteiger partial charge on any atom is -0.377 e. The van der Waals surface area contributed by atoms with Crippen molar-refractivity contribution in [2.45, 2.75) is 23.8 Å². The van der Waals surface area contributed by atoms with E-state index in [4.69, 9.17) is 4.74 Å². The summed E-state index contributed by atoms with van der Waals surface area (Å²) in [4.78, 5) is 0.240. The highest BCUT2D eigenvalue weighted by atomic mass is 79.9. The summed E-state index contributed by atoms with van der Waals surface area (Å²) in [5, 5.41) is 0. The highest BCUT2D eigenvalue weighted by Gasteiger charge is 2.21. The lowest BCUT2D eigenvalue weighted by molar-refractivity contribution is 0.114. The standard InChI is InChI=1S/C11H13Br2NO3S/c12-8-3-4-11(10(13)6-8)18(15,16)14-7-9-2-1-5-17-9/h3-4,6,9,14H,1-2,5,7H2. The first-order valence-electron chi connectivity index (χ1n) is 5.55. The molecule has 1 heterocycles. The number of hydrogen-bond acceptors (Lipinski definition) is 3. The maximum absolute atomic E-state index is 12.1. The molecule has 1 aliphatic heterocycles. The second kappa shape index (κ2) is 6.00. The molecule has 18 heavy (non-hydrogen) atoms. The predicted molar refractivity (Wildman–Crippen MR) is 76.0 cm³/mol. The number of benzene rings is 1. The third-order valence-electron chi connectivity index (χ3n) is 2.71. The minimum absolute atomic E-state index is 0.00556. The number of nitrogens with one attached hydrogen (secondary N) is 1. The summed E-state index contributed by atoms with van der Waals surface area (Å²) in [7, 11) is -3.49. The molecule has 0 radical (unpaired) electrons. The van der Waals surface area contributed by atoms with E-state index < -0.39 is 10.0 Å². The fourth-order valence-corrected chi connectivity index (χ4v) is 4.59. The van der Waals surface area contributed by atoms with Crippen molar-refractivity contribution in [1.29, 1.82) is 0 Å². The Balaban J connectivity index is 2.09. The fraction of sp³-hybridized carbons (Fsp3) is 0.455. The average Bonchev–Trinajstić information content (AvgIpc) is 2.78. The molecule has 1 aromatic rings. The Labute approximate surface area is 123 Å². The molecule has 0 amide bonds. The van der Waals surface area contributed by atoms with E-state index in [1.807, 2.05) is 0 Å². The monoisotopic (exact) mass is 397 g/mol. The van der Waals surface area contributed by atoms with Gasteiger partial charge in [-0.05, 0) is 47.0 Å². The Hall–Kier alpha value is 0.0500. The zero-order valence-electron chi connectivity index (χ0n) is 9.53. The van der Waals surface area contributed by atoms with Crippen molar-refractivity contribution in [3.63, 3.8) is 0 Å². The molecule has 4 nitrogen and oxygen atoms in total. The Bertz CT molecular complexity index is 527. The molecule has 0 aromatic heterocycles. The summed E-state index contributed by atoms with van der Waals surface area (Å²) >= 11 is 6.55. The van der Waals surface area contributed by atoms with E-state index in [1.54, 1.807) is 18.2 Å². The summed E-state index contributed by atoms with van der Waals surface area (Å²) < 4.78 is 33.5. The number of halogens is 2. The van der Waals surface area contributed by atoms with Crippen LogP contribution >= 0.6 is 31.9 Å². The molecule has 100 valence electrons. The molecular formula is C11H13Br2NO3S. The molecule has 1 atom stereocenters. The lowest BCUT2D eigenvalue weighted by Crippen LogP contribution is -2.32. The van der Waals surface area contributed by atoms with Gasteiger partial charge in [0.2, 0.25) is 10.0 Å². The molecule has 1 fully saturated rings. The second-order valence-electron chi connectivity index (χ2n) is 4.06. The van der Waals surface area contributed by atoms with Gasteiger partial charge in [0.05, 0.1) is 11.0 Å². The lowest BCUT2D eigenvalue weighted by atomic mass is 10.2. The molecule has 1 saturated heterocycles. The maximum atomic E-state index is 12.1. The summed E-state index contributed by atoms with van der Waals surface area (Å²) in [6, 6.07) is 4.97. The molecule has 1 aromatic carbocycles. The van der Waals surface area contributed by atoms with Gasteiger partial charge in [0.15, 0.2) is 0 Å². The van der Waals surface area contributed by atoms with E-state index in [9.17, 15) is 8.42 Å². The molecule has 1 unspecified atom stereocenters. The Morgan fingerprint density at radius 1 is 1.39 bits per heavy atom. The van der Waals surface area contributed by atoms with Crippen LogP contribution in [-0.2, 0) is 14.8 Å². The van der Waals surface area contributed by atoms with Crippen LogP contribution in [0.15, 0.2) is 32.0 Å². The van der Waals surface area contributed by atoms with Crippen LogP contribution in [0.5, 0.6) is 0 Å². The van der Waals surface area contributed by atoms with Crippen LogP contribution < -0.4 is 4.72 Å². The third kappa shape index (κ3) is 3.54. The second-order valence-corrected chi connectivity index (χ2v) is 7.57. The molecule has 0 spiro atoms. The van der Waals surface area contributed by atoms with E-state index in [0.717, 1.165) is 17.3 Å². The number of sulfonamides is 1. The summed E-state index contributed by atoms with van der Waals surface area (Å²) in [6.07, 6.45) is 1.90. The smallest absolute Gasteiger partial charge is 0.241 e. The molecular weight excluding hydrogens is 386 g/mol. The van der Waals surface area contributed by atoms with Gasteiger partial charge in [0, 0.05) is 22.1 Å². The highest BCUT2D eigenvalue weighted by molar-refractivity contribution is 9.11. The normalized spacial score (nSPS) is 20.2. The molecule has 7 heteroatoms. The van der Waals surface area contributed by atoms with Gasteiger partial charge < -0.3 is 4.74 Å². The molecule has 1 aliphatic rings. The Morgan fingerprint density at radius 2 is 2.17 bits per heavy atom. The predicted octanol–water partition coefficient (Wildman–Crippen LogP) is 2.67. The Morgan fingerprint density at radius 3 is 2.78 bits per heavy atom. The SMILES string of the molecule is O=S(=O)(NCC1CCCO1)c1ccc(Br)cc1Br. The van der Waals surface area contributed by atoms with E-state index in [0.29, 0.717) is 17.6 Å². The van der Waals surface area contributed by atoms with Crippen LogP contribution in [0.2, 0.25) is 0 Å². The Kier molecular flexibility index (Phi) is 4.82. The van der Waals surface area contributed by atoms with Gasteiger partial charge in [-0.15, -0.1) is 0 Å². The van der Waals surface area contributed by atoms with Gasteiger partial charge in [-0.3, -0.25) is 0 Å². The summed E-state index contributed by atoms with van der Waals surface area (Å²) in [5.41, 5.74) is 0. The van der Waals surface area contributed by atoms with Crippen molar-refractivity contribution < 1.29 is 13.2 Å². The number of hydrogen-bond donors (Lipinski definition) is 1. The van der Waals surface area contributed by atoms with Gasteiger partial charge in [-0.1, -0.05) is 15.9 Å². The summed E-state index contributed by atoms with van der Waals surface area (Å²) in [6.45, 7) is 1.04. The topological polar surface area (TPSA) is 55.4 Å². The zero-order valence-corrected chi connectivity index (χ0v) is 13.5. The van der Waals surface area contributed by atoms with Gasteiger partial charge in [-0.25, -0.2) is 13.1 Å². The zero-order chi connectivity index (χ0) is 13.2. The van der Waals surface area contributed by atoms with Crippen molar-refractivity contribution in [2.24, 2.45) is 0 Å². The third-order valence-corrected chi connectivity index (χ3v) is 5.60. The fourth-order valence-electron chi connectivity index (χ4n) is 1.78. The lowest BCUT2D eigenvalue weighted by Gasteiger charge is -2.12. The van der Waals surface area contributed by atoms with Gasteiger partial charge in [0.25, 0.3) is 0 Å². The van der Waals surface area contributed by atoms with Gasteiger partial charge in [-0.2, -0.15) is 0 Å². The number of ether oxygens (including phenoxy) is 1. The average molecular weight is 399 g/mol. The van der Waals surface area contributed by atoms with Crippen molar-refractivity contribution in [3.05, 3.63) is 27.1 Å². The van der Waals surface area contributed by atoms with Crippen LogP contribution in [0, 0.1) is 0 Å². The molecule has 0 bridgehead atoms. The van der Waals surface area contributed by atoms with Crippen molar-refractivity contribution in [1.82, 2.24) is 4.72 Å². The molecule has 1 N–H and O–H groups in total. The van der Waals surface area contributed by atoms with E-state index in [2.05, 4.69) is 36.6 Å². The van der Waals surface area contributed by atoms with E-state index in [-0.39, 0.29) is 11.0 Å². The van der Waals surface area contributed by atoms with Crippen LogP contribution in [0.3, 0.4) is 0 Å². The van der Waals surface area contributed by atoms with Crippen LogP contribution in [-0.4, -0.2) is 27.7 Å². The van der Waals surface area contributed by atoms with Crippen molar-refractivity contribution in [2.75, 3.05) is 13.2 Å². The van der Waals surface area contributed by atoms with Crippen LogP contribution in [0.1, 0.15) is 12.8 Å². The maximum Gasteiger partial charge on any atom is 0.241 e. The van der Waals surface area contributed by atoms with E-state index in [1.165, 1.54) is 0 Å². The quantitative estimate of drug-likeness (QED) is 0.848. The van der Waals surface area contributed by atoms with E-state index >= 15 is 0 Å². The van der Waals surface area contributed by atoms with Gasteiger partial charge >= 0.3 is 0 Å². The highest BCUT2D eigenvalue weighted by Crippen LogP contribution is 2.25. The van der Waals surface area contributed by atoms with Gasteiger partial charge in [0.1, 0.15) is 0 Å².